The molecule has 0 saturated heterocycles. The molecule has 0 spiro atoms. The highest BCUT2D eigenvalue weighted by atomic mass is 32.1. The summed E-state index contributed by atoms with van der Waals surface area (Å²) in [6.45, 7) is 3.32. The molecule has 1 fully saturated rings. The van der Waals surface area contributed by atoms with Crippen molar-refractivity contribution in [3.05, 3.63) is 35.2 Å². The lowest BCUT2D eigenvalue weighted by Gasteiger charge is -2.17. The summed E-state index contributed by atoms with van der Waals surface area (Å²) in [5, 5.41) is 7.27. The van der Waals surface area contributed by atoms with Gasteiger partial charge in [-0.05, 0) is 60.5 Å². The van der Waals surface area contributed by atoms with Crippen molar-refractivity contribution in [3.8, 4) is 0 Å². The van der Waals surface area contributed by atoms with Gasteiger partial charge in [0.25, 0.3) is 0 Å². The van der Waals surface area contributed by atoms with E-state index in [9.17, 15) is 0 Å². The summed E-state index contributed by atoms with van der Waals surface area (Å²) in [7, 11) is 0. The van der Waals surface area contributed by atoms with E-state index in [1.165, 1.54) is 41.3 Å². The van der Waals surface area contributed by atoms with Crippen LogP contribution in [-0.4, -0.2) is 12.6 Å². The Morgan fingerprint density at radius 1 is 1.33 bits per heavy atom. The first-order valence-electron chi connectivity index (χ1n) is 7.07. The Labute approximate surface area is 113 Å². The maximum Gasteiger partial charge on any atom is 0.0374 e. The monoisotopic (exact) mass is 259 g/mol. The van der Waals surface area contributed by atoms with Gasteiger partial charge in [-0.2, -0.15) is 0 Å². The largest absolute Gasteiger partial charge is 0.314 e. The van der Waals surface area contributed by atoms with E-state index in [-0.39, 0.29) is 0 Å². The topological polar surface area (TPSA) is 12.0 Å². The maximum absolute atomic E-state index is 3.66. The Hall–Kier alpha value is -0.860. The molecule has 1 aliphatic carbocycles. The predicted molar refractivity (Wildman–Crippen MR) is 80.3 cm³/mol. The molecule has 1 atom stereocenters. The van der Waals surface area contributed by atoms with Crippen molar-refractivity contribution in [1.82, 2.24) is 5.32 Å². The molecule has 3 rings (SSSR count). The molecule has 2 heteroatoms. The number of benzene rings is 1. The molecule has 1 heterocycles. The Bertz CT molecular complexity index is 513. The Morgan fingerprint density at radius 3 is 3.00 bits per heavy atom. The van der Waals surface area contributed by atoms with Crippen molar-refractivity contribution in [2.24, 2.45) is 5.92 Å². The summed E-state index contributed by atoms with van der Waals surface area (Å²) < 4.78 is 1.49. The second kappa shape index (κ2) is 5.41. The number of nitrogens with one attached hydrogen (secondary N) is 1. The van der Waals surface area contributed by atoms with Crippen LogP contribution >= 0.6 is 11.3 Å². The number of hydrogen-bond donors (Lipinski definition) is 1. The Kier molecular flexibility index (Phi) is 3.67. The molecule has 2 aromatic rings. The minimum atomic E-state index is 0.741. The fourth-order valence-electron chi connectivity index (χ4n) is 2.83. The van der Waals surface area contributed by atoms with E-state index in [0.717, 1.165) is 18.5 Å². The van der Waals surface area contributed by atoms with Crippen molar-refractivity contribution in [1.29, 1.82) is 0 Å². The molecular weight excluding hydrogens is 238 g/mol. The molecule has 1 aromatic heterocycles. The van der Waals surface area contributed by atoms with Crippen LogP contribution in [0.1, 0.15) is 31.7 Å². The number of rotatable bonds is 6. The summed E-state index contributed by atoms with van der Waals surface area (Å²) in [6.07, 6.45) is 5.36. The third-order valence-electron chi connectivity index (χ3n) is 3.94. The van der Waals surface area contributed by atoms with Gasteiger partial charge in [0.2, 0.25) is 0 Å². The third kappa shape index (κ3) is 2.60. The third-order valence-corrected chi connectivity index (χ3v) is 4.95. The van der Waals surface area contributed by atoms with Crippen LogP contribution < -0.4 is 5.32 Å². The van der Waals surface area contributed by atoms with Gasteiger partial charge in [-0.15, -0.1) is 11.3 Å². The van der Waals surface area contributed by atoms with E-state index in [1.807, 2.05) is 11.3 Å². The molecule has 1 saturated carbocycles. The van der Waals surface area contributed by atoms with Crippen molar-refractivity contribution >= 4 is 21.4 Å². The van der Waals surface area contributed by atoms with Crippen LogP contribution in [0, 0.1) is 5.92 Å². The van der Waals surface area contributed by atoms with E-state index < -0.39 is 0 Å². The van der Waals surface area contributed by atoms with E-state index in [1.54, 1.807) is 0 Å². The number of hydrogen-bond acceptors (Lipinski definition) is 2. The van der Waals surface area contributed by atoms with Crippen LogP contribution in [0.4, 0.5) is 0 Å². The SMILES string of the molecule is CCNC(CCc1cccc2ccsc12)C1CC1. The zero-order chi connectivity index (χ0) is 12.4. The lowest BCUT2D eigenvalue weighted by molar-refractivity contribution is 0.447. The molecule has 0 amide bonds. The van der Waals surface area contributed by atoms with Gasteiger partial charge < -0.3 is 5.32 Å². The van der Waals surface area contributed by atoms with Gasteiger partial charge in [0, 0.05) is 10.7 Å². The highest BCUT2D eigenvalue weighted by Crippen LogP contribution is 2.35. The van der Waals surface area contributed by atoms with Gasteiger partial charge in [-0.1, -0.05) is 25.1 Å². The molecule has 96 valence electrons. The zero-order valence-electron chi connectivity index (χ0n) is 11.0. The molecule has 1 N–H and O–H groups in total. The molecule has 1 aromatic carbocycles. The first-order valence-corrected chi connectivity index (χ1v) is 7.95. The zero-order valence-corrected chi connectivity index (χ0v) is 11.8. The van der Waals surface area contributed by atoms with Crippen LogP contribution in [0.3, 0.4) is 0 Å². The summed E-state index contributed by atoms with van der Waals surface area (Å²) in [6, 6.07) is 9.69. The minimum absolute atomic E-state index is 0.741. The van der Waals surface area contributed by atoms with Crippen molar-refractivity contribution in [2.75, 3.05) is 6.54 Å². The van der Waals surface area contributed by atoms with Crippen LogP contribution in [0.15, 0.2) is 29.6 Å². The van der Waals surface area contributed by atoms with E-state index in [2.05, 4.69) is 41.9 Å². The normalized spacial score (nSPS) is 17.2. The lowest BCUT2D eigenvalue weighted by atomic mass is 10.0. The fraction of sp³-hybridized carbons (Fsp3) is 0.500. The molecule has 18 heavy (non-hydrogen) atoms. The number of fused-ring (bicyclic) bond motifs is 1. The van der Waals surface area contributed by atoms with Crippen molar-refractivity contribution in [2.45, 2.75) is 38.6 Å². The van der Waals surface area contributed by atoms with Gasteiger partial charge in [0.1, 0.15) is 0 Å². The number of thiophene rings is 1. The Balaban J connectivity index is 1.70. The molecular formula is C16H21NS. The average molecular weight is 259 g/mol. The van der Waals surface area contributed by atoms with Crippen molar-refractivity contribution < 1.29 is 0 Å². The summed E-state index contributed by atoms with van der Waals surface area (Å²) in [4.78, 5) is 0. The first kappa shape index (κ1) is 12.2. The minimum Gasteiger partial charge on any atom is -0.314 e. The summed E-state index contributed by atoms with van der Waals surface area (Å²) in [5.41, 5.74) is 1.53. The summed E-state index contributed by atoms with van der Waals surface area (Å²) >= 11 is 1.88. The molecule has 1 unspecified atom stereocenters. The van der Waals surface area contributed by atoms with E-state index in [4.69, 9.17) is 0 Å². The molecule has 1 aliphatic rings. The molecule has 1 nitrogen and oxygen atoms in total. The molecule has 0 aliphatic heterocycles. The predicted octanol–water partition coefficient (Wildman–Crippen LogP) is 4.22. The average Bonchev–Trinajstić information content (AvgIpc) is 3.11. The van der Waals surface area contributed by atoms with Crippen LogP contribution in [-0.2, 0) is 6.42 Å². The smallest absolute Gasteiger partial charge is 0.0374 e. The molecule has 0 radical (unpaired) electrons. The quantitative estimate of drug-likeness (QED) is 0.819. The first-order chi connectivity index (χ1) is 8.88. The van der Waals surface area contributed by atoms with Crippen LogP contribution in [0.5, 0.6) is 0 Å². The summed E-state index contributed by atoms with van der Waals surface area (Å²) in [5.74, 6) is 0.951. The van der Waals surface area contributed by atoms with Crippen molar-refractivity contribution in [3.63, 3.8) is 0 Å². The Morgan fingerprint density at radius 2 is 2.22 bits per heavy atom. The fourth-order valence-corrected chi connectivity index (χ4v) is 3.77. The van der Waals surface area contributed by atoms with Crippen LogP contribution in [0.2, 0.25) is 0 Å². The second-order valence-corrected chi connectivity index (χ2v) is 6.21. The second-order valence-electron chi connectivity index (χ2n) is 5.30. The van der Waals surface area contributed by atoms with Crippen LogP contribution in [0.25, 0.3) is 10.1 Å². The van der Waals surface area contributed by atoms with Gasteiger partial charge >= 0.3 is 0 Å². The standard InChI is InChI=1S/C16H21NS/c1-2-17-15(12-6-7-12)9-8-13-4-3-5-14-10-11-18-16(13)14/h3-5,10-12,15,17H,2,6-9H2,1H3. The van der Waals surface area contributed by atoms with Gasteiger partial charge in [-0.25, -0.2) is 0 Å². The van der Waals surface area contributed by atoms with E-state index >= 15 is 0 Å². The van der Waals surface area contributed by atoms with Gasteiger partial charge in [-0.3, -0.25) is 0 Å². The highest BCUT2D eigenvalue weighted by molar-refractivity contribution is 7.17. The van der Waals surface area contributed by atoms with Gasteiger partial charge in [0.15, 0.2) is 0 Å². The van der Waals surface area contributed by atoms with Gasteiger partial charge in [0.05, 0.1) is 0 Å². The van der Waals surface area contributed by atoms with E-state index in [0.29, 0.717) is 0 Å². The number of aryl methyl sites for hydroxylation is 1. The molecule has 0 bridgehead atoms. The lowest BCUT2D eigenvalue weighted by Crippen LogP contribution is -2.31. The highest BCUT2D eigenvalue weighted by Gasteiger charge is 2.30. The maximum atomic E-state index is 3.66.